The van der Waals surface area contributed by atoms with Crippen molar-refractivity contribution < 1.29 is 4.74 Å². The van der Waals surface area contributed by atoms with Crippen molar-refractivity contribution in [1.29, 1.82) is 0 Å². The molecule has 0 radical (unpaired) electrons. The lowest BCUT2D eigenvalue weighted by molar-refractivity contribution is 0.0741. The minimum absolute atomic E-state index is 0.390. The van der Waals surface area contributed by atoms with Gasteiger partial charge in [0.2, 0.25) is 0 Å². The zero-order valence-electron chi connectivity index (χ0n) is 11.5. The number of morpholine rings is 1. The molecule has 0 amide bonds. The van der Waals surface area contributed by atoms with Crippen molar-refractivity contribution in [2.24, 2.45) is 0 Å². The van der Waals surface area contributed by atoms with E-state index in [0.717, 1.165) is 43.4 Å². The van der Waals surface area contributed by atoms with Crippen LogP contribution in [0, 0.1) is 13.8 Å². The summed E-state index contributed by atoms with van der Waals surface area (Å²) in [6.07, 6.45) is 1.11. The number of hydrogen-bond donors (Lipinski definition) is 2. The maximum atomic E-state index is 5.45. The van der Waals surface area contributed by atoms with Crippen LogP contribution < -0.4 is 10.6 Å². The molecule has 1 saturated heterocycles. The summed E-state index contributed by atoms with van der Waals surface area (Å²) in [5.41, 5.74) is 1.16. The van der Waals surface area contributed by atoms with E-state index in [9.17, 15) is 0 Å². The Labute approximate surface area is 113 Å². The highest BCUT2D eigenvalue weighted by Gasteiger charge is 2.15. The normalized spacial score (nSPS) is 22.1. The van der Waals surface area contributed by atoms with Crippen LogP contribution in [0.2, 0.25) is 0 Å². The summed E-state index contributed by atoms with van der Waals surface area (Å²) < 4.78 is 5.45. The number of ether oxygens (including phenoxy) is 1. The van der Waals surface area contributed by atoms with E-state index in [2.05, 4.69) is 36.4 Å². The summed E-state index contributed by atoms with van der Waals surface area (Å²) in [5.74, 6) is 0. The lowest BCUT2D eigenvalue weighted by Crippen LogP contribution is -2.42. The third-order valence-corrected chi connectivity index (χ3v) is 4.53. The largest absolute Gasteiger partial charge is 0.379 e. The van der Waals surface area contributed by atoms with E-state index in [1.807, 2.05) is 0 Å². The molecule has 1 aliphatic rings. The molecular weight excluding hydrogens is 246 g/mol. The summed E-state index contributed by atoms with van der Waals surface area (Å²) in [7, 11) is 0. The molecule has 2 rings (SSSR count). The zero-order valence-corrected chi connectivity index (χ0v) is 12.3. The molecule has 18 heavy (non-hydrogen) atoms. The van der Waals surface area contributed by atoms with Crippen LogP contribution in [0.3, 0.4) is 0 Å². The summed E-state index contributed by atoms with van der Waals surface area (Å²) in [6, 6.07) is 0.892. The van der Waals surface area contributed by atoms with Gasteiger partial charge in [0.1, 0.15) is 0 Å². The van der Waals surface area contributed by atoms with Gasteiger partial charge in [-0.3, -0.25) is 0 Å². The number of aromatic nitrogens is 1. The van der Waals surface area contributed by atoms with Crippen LogP contribution in [0.1, 0.15) is 35.0 Å². The molecule has 0 aromatic carbocycles. The van der Waals surface area contributed by atoms with Gasteiger partial charge in [0, 0.05) is 23.5 Å². The Bertz CT molecular complexity index is 374. The second kappa shape index (κ2) is 6.61. The smallest absolute Gasteiger partial charge is 0.0900 e. The molecule has 2 unspecified atom stereocenters. The first-order valence-electron chi connectivity index (χ1n) is 6.65. The predicted molar refractivity (Wildman–Crippen MR) is 75.2 cm³/mol. The van der Waals surface area contributed by atoms with Gasteiger partial charge in [-0.2, -0.15) is 0 Å². The minimum atomic E-state index is 0.390. The van der Waals surface area contributed by atoms with Crippen LogP contribution in [0.5, 0.6) is 0 Å². The average Bonchev–Trinajstić information content (AvgIpc) is 2.70. The second-order valence-corrected chi connectivity index (χ2v) is 6.11. The molecule has 2 N–H and O–H groups in total. The van der Waals surface area contributed by atoms with Crippen LogP contribution in [0.4, 0.5) is 0 Å². The van der Waals surface area contributed by atoms with Gasteiger partial charge in [0.05, 0.1) is 23.9 Å². The SMILES string of the molecule is Cc1nc(C)c(C(C)NCCC2COCCN2)s1. The zero-order chi connectivity index (χ0) is 13.0. The van der Waals surface area contributed by atoms with Crippen LogP contribution in [0.15, 0.2) is 0 Å². The summed E-state index contributed by atoms with van der Waals surface area (Å²) in [5, 5.41) is 8.20. The number of rotatable bonds is 5. The lowest BCUT2D eigenvalue weighted by Gasteiger charge is -2.24. The first-order valence-corrected chi connectivity index (χ1v) is 7.47. The van der Waals surface area contributed by atoms with E-state index >= 15 is 0 Å². The van der Waals surface area contributed by atoms with Crippen molar-refractivity contribution in [2.75, 3.05) is 26.3 Å². The predicted octanol–water partition coefficient (Wildman–Crippen LogP) is 1.79. The van der Waals surface area contributed by atoms with Crippen molar-refractivity contribution in [1.82, 2.24) is 15.6 Å². The standard InChI is InChI=1S/C13H23N3OS/c1-9(13-10(2)16-11(3)18-13)14-5-4-12-8-17-7-6-15-12/h9,12,14-15H,4-8H2,1-3H3. The molecule has 1 aromatic rings. The summed E-state index contributed by atoms with van der Waals surface area (Å²) in [4.78, 5) is 5.84. The quantitative estimate of drug-likeness (QED) is 0.855. The van der Waals surface area contributed by atoms with Crippen molar-refractivity contribution >= 4 is 11.3 Å². The number of thiazole rings is 1. The van der Waals surface area contributed by atoms with E-state index in [-0.39, 0.29) is 0 Å². The highest BCUT2D eigenvalue weighted by Crippen LogP contribution is 2.24. The van der Waals surface area contributed by atoms with Crippen molar-refractivity contribution in [3.63, 3.8) is 0 Å². The maximum absolute atomic E-state index is 5.45. The van der Waals surface area contributed by atoms with Crippen LogP contribution in [-0.4, -0.2) is 37.3 Å². The molecule has 2 atom stereocenters. The van der Waals surface area contributed by atoms with Crippen LogP contribution in [0.25, 0.3) is 0 Å². The van der Waals surface area contributed by atoms with E-state index in [1.165, 1.54) is 4.88 Å². The van der Waals surface area contributed by atoms with Crippen LogP contribution in [-0.2, 0) is 4.74 Å². The Morgan fingerprint density at radius 3 is 3.00 bits per heavy atom. The first-order chi connectivity index (χ1) is 8.66. The summed E-state index contributed by atoms with van der Waals surface area (Å²) in [6.45, 7) is 10.1. The Morgan fingerprint density at radius 2 is 2.39 bits per heavy atom. The maximum Gasteiger partial charge on any atom is 0.0900 e. The van der Waals surface area contributed by atoms with E-state index in [0.29, 0.717) is 12.1 Å². The van der Waals surface area contributed by atoms with Gasteiger partial charge in [0.15, 0.2) is 0 Å². The molecule has 2 heterocycles. The van der Waals surface area contributed by atoms with Gasteiger partial charge < -0.3 is 15.4 Å². The highest BCUT2D eigenvalue weighted by atomic mass is 32.1. The average molecular weight is 269 g/mol. The topological polar surface area (TPSA) is 46.2 Å². The molecule has 1 aromatic heterocycles. The molecule has 4 nitrogen and oxygen atoms in total. The molecule has 0 spiro atoms. The molecule has 102 valence electrons. The van der Waals surface area contributed by atoms with Gasteiger partial charge in [-0.25, -0.2) is 4.98 Å². The second-order valence-electron chi connectivity index (χ2n) is 4.87. The molecule has 0 bridgehead atoms. The van der Waals surface area contributed by atoms with E-state index in [4.69, 9.17) is 4.74 Å². The van der Waals surface area contributed by atoms with Crippen molar-refractivity contribution in [2.45, 2.75) is 39.3 Å². The Balaban J connectivity index is 1.74. The monoisotopic (exact) mass is 269 g/mol. The number of nitrogens with zero attached hydrogens (tertiary/aromatic N) is 1. The van der Waals surface area contributed by atoms with E-state index < -0.39 is 0 Å². The lowest BCUT2D eigenvalue weighted by atomic mass is 10.2. The first kappa shape index (κ1) is 13.9. The van der Waals surface area contributed by atoms with Gasteiger partial charge >= 0.3 is 0 Å². The van der Waals surface area contributed by atoms with Gasteiger partial charge in [0.25, 0.3) is 0 Å². The number of hydrogen-bond acceptors (Lipinski definition) is 5. The summed E-state index contributed by atoms with van der Waals surface area (Å²) >= 11 is 1.79. The van der Waals surface area contributed by atoms with Gasteiger partial charge in [-0.15, -0.1) is 11.3 Å². The third kappa shape index (κ3) is 3.75. The van der Waals surface area contributed by atoms with Crippen molar-refractivity contribution in [3.8, 4) is 0 Å². The van der Waals surface area contributed by atoms with Gasteiger partial charge in [-0.05, 0) is 33.7 Å². The molecule has 0 saturated carbocycles. The number of aryl methyl sites for hydroxylation is 2. The van der Waals surface area contributed by atoms with Gasteiger partial charge in [-0.1, -0.05) is 0 Å². The Morgan fingerprint density at radius 1 is 1.56 bits per heavy atom. The minimum Gasteiger partial charge on any atom is -0.379 e. The molecule has 1 aliphatic heterocycles. The highest BCUT2D eigenvalue weighted by molar-refractivity contribution is 7.11. The fourth-order valence-corrected chi connectivity index (χ4v) is 3.27. The van der Waals surface area contributed by atoms with E-state index in [1.54, 1.807) is 11.3 Å². The molecule has 5 heteroatoms. The fourth-order valence-electron chi connectivity index (χ4n) is 2.32. The van der Waals surface area contributed by atoms with Crippen molar-refractivity contribution in [3.05, 3.63) is 15.6 Å². The van der Waals surface area contributed by atoms with Crippen LogP contribution >= 0.6 is 11.3 Å². The molecule has 0 aliphatic carbocycles. The molecule has 1 fully saturated rings. The Hall–Kier alpha value is -0.490. The fraction of sp³-hybridized carbons (Fsp3) is 0.769. The Kier molecular flexibility index (Phi) is 5.12. The third-order valence-electron chi connectivity index (χ3n) is 3.27. The number of nitrogens with one attached hydrogen (secondary N) is 2. The molecular formula is C13H23N3OS.